The first-order valence-corrected chi connectivity index (χ1v) is 10.1. The Morgan fingerprint density at radius 3 is 2.63 bits per heavy atom. The Morgan fingerprint density at radius 1 is 1.22 bits per heavy atom. The van der Waals surface area contributed by atoms with Gasteiger partial charge in [0.1, 0.15) is 0 Å². The van der Waals surface area contributed by atoms with Gasteiger partial charge in [0.05, 0.1) is 12.3 Å². The lowest BCUT2D eigenvalue weighted by molar-refractivity contribution is 0.0971. The molecule has 1 heterocycles. The van der Waals surface area contributed by atoms with E-state index in [9.17, 15) is 9.90 Å². The Bertz CT molecular complexity index is 778. The highest BCUT2D eigenvalue weighted by molar-refractivity contribution is 5.94. The van der Waals surface area contributed by atoms with E-state index in [2.05, 4.69) is 37.3 Å². The summed E-state index contributed by atoms with van der Waals surface area (Å²) >= 11 is 0. The molecule has 27 heavy (non-hydrogen) atoms. The van der Waals surface area contributed by atoms with Gasteiger partial charge in [0, 0.05) is 30.6 Å². The molecule has 0 radical (unpaired) electrons. The molecule has 0 bridgehead atoms. The van der Waals surface area contributed by atoms with E-state index in [0.29, 0.717) is 12.3 Å². The van der Waals surface area contributed by atoms with E-state index in [1.165, 1.54) is 16.8 Å². The summed E-state index contributed by atoms with van der Waals surface area (Å²) < 4.78 is 2.04. The molecule has 1 saturated carbocycles. The maximum absolute atomic E-state index is 12.6. The molecule has 0 spiro atoms. The molecule has 2 aromatic rings. The molecule has 1 fully saturated rings. The average Bonchev–Trinajstić information content (AvgIpc) is 3.23. The normalized spacial score (nSPS) is 22.3. The van der Waals surface area contributed by atoms with E-state index < -0.39 is 5.54 Å². The average molecular weight is 369 g/mol. The van der Waals surface area contributed by atoms with Gasteiger partial charge in [0.2, 0.25) is 0 Å². The van der Waals surface area contributed by atoms with Crippen LogP contribution in [0.25, 0.3) is 0 Å². The molecule has 1 aliphatic rings. The van der Waals surface area contributed by atoms with Gasteiger partial charge < -0.3 is 15.4 Å². The molecular formula is C23H32N2O2. The van der Waals surface area contributed by atoms with Gasteiger partial charge in [-0.3, -0.25) is 4.79 Å². The molecular weight excluding hydrogens is 336 g/mol. The van der Waals surface area contributed by atoms with Gasteiger partial charge in [-0.25, -0.2) is 0 Å². The Labute approximate surface area is 162 Å². The van der Waals surface area contributed by atoms with Crippen molar-refractivity contribution < 1.29 is 9.90 Å². The fourth-order valence-corrected chi connectivity index (χ4v) is 4.27. The summed E-state index contributed by atoms with van der Waals surface area (Å²) in [5, 5.41) is 9.48. The lowest BCUT2D eigenvalue weighted by Crippen LogP contribution is -2.40. The lowest BCUT2D eigenvalue weighted by atomic mass is 9.97. The summed E-state index contributed by atoms with van der Waals surface area (Å²) in [6.45, 7) is 2.13. The number of carbonyl (C=O) groups is 1. The van der Waals surface area contributed by atoms with Gasteiger partial charge >= 0.3 is 0 Å². The summed E-state index contributed by atoms with van der Waals surface area (Å²) in [7, 11) is 1.98. The molecule has 0 unspecified atom stereocenters. The van der Waals surface area contributed by atoms with E-state index in [0.717, 1.165) is 44.2 Å². The van der Waals surface area contributed by atoms with Crippen LogP contribution in [-0.2, 0) is 13.5 Å². The van der Waals surface area contributed by atoms with E-state index in [4.69, 9.17) is 5.73 Å². The van der Waals surface area contributed by atoms with Crippen LogP contribution in [0.1, 0.15) is 71.8 Å². The van der Waals surface area contributed by atoms with Crippen molar-refractivity contribution in [3.63, 3.8) is 0 Å². The zero-order valence-corrected chi connectivity index (χ0v) is 16.6. The standard InChI is InChI=1S/C23H32N2O2/c1-17-7-9-18(10-8-17)5-3-4-6-22(27)21-12-11-20(25(21)2)19-13-14-23(24,15-19)16-26/h7-12,19,26H,3-6,13-16,24H2,1-2H3/t19-,23+/m0/s1. The van der Waals surface area contributed by atoms with Crippen molar-refractivity contribution >= 4 is 5.78 Å². The summed E-state index contributed by atoms with van der Waals surface area (Å²) in [4.78, 5) is 12.6. The molecule has 3 rings (SSSR count). The monoisotopic (exact) mass is 368 g/mol. The third-order valence-electron chi connectivity index (χ3n) is 6.06. The number of rotatable bonds is 8. The Kier molecular flexibility index (Phi) is 6.18. The number of aliphatic hydroxyl groups is 1. The minimum Gasteiger partial charge on any atom is -0.394 e. The number of carbonyl (C=O) groups excluding carboxylic acids is 1. The van der Waals surface area contributed by atoms with Crippen molar-refractivity contribution in [2.45, 2.75) is 63.3 Å². The quantitative estimate of drug-likeness (QED) is 0.549. The second kappa shape index (κ2) is 8.41. The third kappa shape index (κ3) is 4.69. The van der Waals surface area contributed by atoms with E-state index >= 15 is 0 Å². The van der Waals surface area contributed by atoms with Crippen LogP contribution in [0.4, 0.5) is 0 Å². The number of nitrogens with zero attached hydrogens (tertiary/aromatic N) is 1. The van der Waals surface area contributed by atoms with Gasteiger partial charge in [-0.05, 0) is 63.1 Å². The highest BCUT2D eigenvalue weighted by Gasteiger charge is 2.37. The van der Waals surface area contributed by atoms with Crippen LogP contribution in [0.3, 0.4) is 0 Å². The largest absolute Gasteiger partial charge is 0.394 e. The maximum Gasteiger partial charge on any atom is 0.179 e. The molecule has 2 atom stereocenters. The number of aromatic nitrogens is 1. The van der Waals surface area contributed by atoms with Crippen LogP contribution in [-0.4, -0.2) is 27.6 Å². The number of hydrogen-bond acceptors (Lipinski definition) is 3. The van der Waals surface area contributed by atoms with Crippen molar-refractivity contribution in [2.75, 3.05) is 6.61 Å². The van der Waals surface area contributed by atoms with Crippen LogP contribution in [0.5, 0.6) is 0 Å². The highest BCUT2D eigenvalue weighted by Crippen LogP contribution is 2.39. The van der Waals surface area contributed by atoms with Crippen molar-refractivity contribution in [1.29, 1.82) is 0 Å². The van der Waals surface area contributed by atoms with Crippen LogP contribution in [0.2, 0.25) is 0 Å². The minimum atomic E-state index is -0.463. The Morgan fingerprint density at radius 2 is 1.96 bits per heavy atom. The highest BCUT2D eigenvalue weighted by atomic mass is 16.3. The van der Waals surface area contributed by atoms with E-state index in [-0.39, 0.29) is 12.4 Å². The zero-order chi connectivity index (χ0) is 19.4. The topological polar surface area (TPSA) is 68.2 Å². The van der Waals surface area contributed by atoms with Crippen LogP contribution in [0.15, 0.2) is 36.4 Å². The fraction of sp³-hybridized carbons (Fsp3) is 0.522. The van der Waals surface area contributed by atoms with Crippen molar-refractivity contribution in [2.24, 2.45) is 12.8 Å². The number of aliphatic hydroxyl groups excluding tert-OH is 1. The van der Waals surface area contributed by atoms with Crippen molar-refractivity contribution in [3.05, 3.63) is 58.9 Å². The first-order valence-electron chi connectivity index (χ1n) is 10.1. The molecule has 1 aliphatic carbocycles. The Balaban J connectivity index is 1.52. The zero-order valence-electron chi connectivity index (χ0n) is 16.6. The molecule has 1 aromatic heterocycles. The predicted molar refractivity (Wildman–Crippen MR) is 109 cm³/mol. The van der Waals surface area contributed by atoms with Crippen molar-refractivity contribution in [1.82, 2.24) is 4.57 Å². The predicted octanol–water partition coefficient (Wildman–Crippen LogP) is 3.89. The molecule has 0 saturated heterocycles. The third-order valence-corrected chi connectivity index (χ3v) is 6.06. The van der Waals surface area contributed by atoms with Gasteiger partial charge in [0.25, 0.3) is 0 Å². The summed E-state index contributed by atoms with van der Waals surface area (Å²) in [5.74, 6) is 0.544. The van der Waals surface area contributed by atoms with Gasteiger partial charge in [-0.1, -0.05) is 29.8 Å². The maximum atomic E-state index is 12.6. The molecule has 4 heteroatoms. The molecule has 3 N–H and O–H groups in total. The minimum absolute atomic E-state index is 0.0285. The Hall–Kier alpha value is -1.91. The number of hydrogen-bond donors (Lipinski definition) is 2. The summed E-state index contributed by atoms with van der Waals surface area (Å²) in [6, 6.07) is 12.6. The molecule has 4 nitrogen and oxygen atoms in total. The summed E-state index contributed by atoms with van der Waals surface area (Å²) in [5.41, 5.74) is 10.3. The van der Waals surface area contributed by atoms with Crippen LogP contribution in [0, 0.1) is 6.92 Å². The molecule has 0 aliphatic heterocycles. The van der Waals surface area contributed by atoms with E-state index in [1.807, 2.05) is 17.7 Å². The molecule has 146 valence electrons. The first-order chi connectivity index (χ1) is 12.9. The number of ketones is 1. The lowest BCUT2D eigenvalue weighted by Gasteiger charge is -2.21. The first kappa shape index (κ1) is 19.8. The number of aryl methyl sites for hydroxylation is 2. The van der Waals surface area contributed by atoms with Crippen molar-refractivity contribution in [3.8, 4) is 0 Å². The summed E-state index contributed by atoms with van der Waals surface area (Å²) in [6.07, 6.45) is 6.14. The van der Waals surface area contributed by atoms with Crippen LogP contribution >= 0.6 is 0 Å². The van der Waals surface area contributed by atoms with Crippen LogP contribution < -0.4 is 5.73 Å². The fourth-order valence-electron chi connectivity index (χ4n) is 4.27. The van der Waals surface area contributed by atoms with E-state index in [1.54, 1.807) is 0 Å². The number of nitrogens with two attached hydrogens (primary N) is 1. The number of unbranched alkanes of at least 4 members (excludes halogenated alkanes) is 1. The second-order valence-electron chi connectivity index (χ2n) is 8.28. The smallest absolute Gasteiger partial charge is 0.179 e. The van der Waals surface area contributed by atoms with Gasteiger partial charge in [0.15, 0.2) is 5.78 Å². The number of Topliss-reactive ketones (excluding diaryl/α,β-unsaturated/α-hetero) is 1. The van der Waals surface area contributed by atoms with Gasteiger partial charge in [-0.2, -0.15) is 0 Å². The van der Waals surface area contributed by atoms with Gasteiger partial charge in [-0.15, -0.1) is 0 Å². The number of benzene rings is 1. The molecule has 0 amide bonds. The molecule has 1 aromatic carbocycles. The second-order valence-corrected chi connectivity index (χ2v) is 8.28. The SMILES string of the molecule is Cc1ccc(CCCCC(=O)c2ccc([C@H]3CC[C@](N)(CO)C3)n2C)cc1.